The average molecular weight is 261 g/mol. The monoisotopic (exact) mass is 261 g/mol. The summed E-state index contributed by atoms with van der Waals surface area (Å²) in [5.74, 6) is 0.749. The Balaban J connectivity index is 1.50. The summed E-state index contributed by atoms with van der Waals surface area (Å²) in [7, 11) is 1.98. The summed E-state index contributed by atoms with van der Waals surface area (Å²) in [6.07, 6.45) is 9.98. The minimum absolute atomic E-state index is 0.387. The zero-order valence-electron chi connectivity index (χ0n) is 11.8. The minimum atomic E-state index is 0.387. The molecule has 2 aliphatic carbocycles. The lowest BCUT2D eigenvalue weighted by Gasteiger charge is -2.64. The fourth-order valence-electron chi connectivity index (χ4n) is 4.52. The van der Waals surface area contributed by atoms with Gasteiger partial charge in [0.05, 0.1) is 12.3 Å². The number of nitrogens with one attached hydrogen (secondary N) is 1. The van der Waals surface area contributed by atoms with Crippen molar-refractivity contribution in [3.8, 4) is 0 Å². The molecule has 0 amide bonds. The number of hydrogen-bond donors (Lipinski definition) is 1. The fraction of sp³-hybridized carbons (Fsp3) is 0.800. The topological polar surface area (TPSA) is 39.1 Å². The Kier molecular flexibility index (Phi) is 2.55. The van der Waals surface area contributed by atoms with Gasteiger partial charge in [-0.2, -0.15) is 5.10 Å². The number of rotatable bonds is 3. The number of nitrogens with zero attached hydrogens (tertiary/aromatic N) is 2. The quantitative estimate of drug-likeness (QED) is 0.905. The fourth-order valence-corrected chi connectivity index (χ4v) is 4.52. The van der Waals surface area contributed by atoms with Crippen LogP contribution in [0.1, 0.15) is 44.2 Å². The van der Waals surface area contributed by atoms with Crippen LogP contribution in [-0.4, -0.2) is 28.5 Å². The summed E-state index contributed by atoms with van der Waals surface area (Å²) in [6, 6.07) is 1.04. The van der Waals surface area contributed by atoms with E-state index in [-0.39, 0.29) is 0 Å². The zero-order chi connectivity index (χ0) is 13.0. The third-order valence-electron chi connectivity index (χ3n) is 5.69. The van der Waals surface area contributed by atoms with Crippen LogP contribution in [0.4, 0.5) is 0 Å². The Labute approximate surface area is 114 Å². The molecule has 104 valence electrons. The molecule has 1 aromatic heterocycles. The summed E-state index contributed by atoms with van der Waals surface area (Å²) >= 11 is 0. The summed E-state index contributed by atoms with van der Waals surface area (Å²) in [5, 5.41) is 8.15. The van der Waals surface area contributed by atoms with Crippen molar-refractivity contribution in [2.45, 2.75) is 50.8 Å². The lowest BCUT2D eigenvalue weighted by atomic mass is 9.46. The van der Waals surface area contributed by atoms with Crippen molar-refractivity contribution in [3.63, 3.8) is 0 Å². The molecule has 4 nitrogen and oxygen atoms in total. The van der Waals surface area contributed by atoms with Crippen LogP contribution in [0.15, 0.2) is 12.4 Å². The van der Waals surface area contributed by atoms with E-state index in [1.807, 2.05) is 17.9 Å². The lowest BCUT2D eigenvalue weighted by molar-refractivity contribution is -0.178. The maximum atomic E-state index is 5.97. The summed E-state index contributed by atoms with van der Waals surface area (Å²) in [4.78, 5) is 0. The van der Waals surface area contributed by atoms with E-state index in [1.54, 1.807) is 0 Å². The molecular formula is C15H23N3O. The van der Waals surface area contributed by atoms with Crippen molar-refractivity contribution in [1.82, 2.24) is 15.1 Å². The molecule has 2 saturated carbocycles. The lowest BCUT2D eigenvalue weighted by Crippen LogP contribution is -2.71. The Morgan fingerprint density at radius 1 is 1.53 bits per heavy atom. The largest absolute Gasteiger partial charge is 0.377 e. The van der Waals surface area contributed by atoms with Crippen molar-refractivity contribution >= 4 is 0 Å². The number of aromatic nitrogens is 2. The van der Waals surface area contributed by atoms with Crippen molar-refractivity contribution in [1.29, 1.82) is 0 Å². The van der Waals surface area contributed by atoms with Crippen LogP contribution < -0.4 is 5.32 Å². The molecule has 0 aromatic carbocycles. The molecule has 4 atom stereocenters. The highest BCUT2D eigenvalue weighted by Crippen LogP contribution is 2.63. The van der Waals surface area contributed by atoms with Gasteiger partial charge in [0.25, 0.3) is 0 Å². The van der Waals surface area contributed by atoms with Gasteiger partial charge in [-0.3, -0.25) is 4.68 Å². The Morgan fingerprint density at radius 3 is 3.00 bits per heavy atom. The Morgan fingerprint density at radius 2 is 2.37 bits per heavy atom. The standard InChI is InChI=1S/C15H23N3O/c1-10(11-8-16-18(2)9-11)17-13-12-4-7-19-14(12)15(13)5-3-6-15/h8-10,12-14,17H,3-7H2,1-2H3/t10-,12-,13-,14-/m0/s1. The van der Waals surface area contributed by atoms with Gasteiger partial charge in [0, 0.05) is 48.8 Å². The van der Waals surface area contributed by atoms with Gasteiger partial charge in [0.15, 0.2) is 0 Å². The van der Waals surface area contributed by atoms with Crippen LogP contribution in [0, 0.1) is 11.3 Å². The molecule has 1 spiro atoms. The predicted octanol–water partition coefficient (Wildman–Crippen LogP) is 2.03. The third-order valence-corrected chi connectivity index (χ3v) is 5.69. The number of ether oxygens (including phenoxy) is 1. The first-order valence-corrected chi connectivity index (χ1v) is 7.57. The van der Waals surface area contributed by atoms with Gasteiger partial charge in [-0.05, 0) is 26.2 Å². The molecule has 2 heterocycles. The first kappa shape index (κ1) is 11.9. The predicted molar refractivity (Wildman–Crippen MR) is 72.7 cm³/mol. The molecule has 1 saturated heterocycles. The van der Waals surface area contributed by atoms with Crippen LogP contribution in [0.5, 0.6) is 0 Å². The maximum Gasteiger partial charge on any atom is 0.0690 e. The van der Waals surface area contributed by atoms with Crippen molar-refractivity contribution < 1.29 is 4.74 Å². The molecule has 0 unspecified atom stereocenters. The van der Waals surface area contributed by atoms with Gasteiger partial charge in [-0.1, -0.05) is 6.42 Å². The van der Waals surface area contributed by atoms with E-state index >= 15 is 0 Å². The zero-order valence-corrected chi connectivity index (χ0v) is 11.8. The van der Waals surface area contributed by atoms with Crippen molar-refractivity contribution in [2.24, 2.45) is 18.4 Å². The molecule has 0 radical (unpaired) electrons. The van der Waals surface area contributed by atoms with E-state index in [0.717, 1.165) is 12.5 Å². The highest BCUT2D eigenvalue weighted by Gasteiger charge is 2.66. The normalized spacial score (nSPS) is 36.6. The summed E-state index contributed by atoms with van der Waals surface area (Å²) in [6.45, 7) is 3.23. The maximum absolute atomic E-state index is 5.97. The first-order valence-electron chi connectivity index (χ1n) is 7.57. The molecule has 4 rings (SSSR count). The van der Waals surface area contributed by atoms with E-state index < -0.39 is 0 Å². The second-order valence-corrected chi connectivity index (χ2v) is 6.64. The number of fused-ring (bicyclic) bond motifs is 2. The molecule has 1 N–H and O–H groups in total. The van der Waals surface area contributed by atoms with Crippen LogP contribution >= 0.6 is 0 Å². The van der Waals surface area contributed by atoms with E-state index in [0.29, 0.717) is 23.6 Å². The van der Waals surface area contributed by atoms with Crippen LogP contribution in [0.3, 0.4) is 0 Å². The summed E-state index contributed by atoms with van der Waals surface area (Å²) < 4.78 is 7.86. The van der Waals surface area contributed by atoms with E-state index in [4.69, 9.17) is 4.74 Å². The van der Waals surface area contributed by atoms with E-state index in [1.165, 1.54) is 31.2 Å². The first-order chi connectivity index (χ1) is 9.21. The average Bonchev–Trinajstić information content (AvgIpc) is 2.91. The molecule has 1 aliphatic heterocycles. The molecule has 3 fully saturated rings. The van der Waals surface area contributed by atoms with Crippen molar-refractivity contribution in [2.75, 3.05) is 6.61 Å². The van der Waals surface area contributed by atoms with Gasteiger partial charge in [0.1, 0.15) is 0 Å². The van der Waals surface area contributed by atoms with Gasteiger partial charge >= 0.3 is 0 Å². The SMILES string of the molecule is C[C@H](N[C@H]1[C@@H]2CCO[C@@H]2C12CCC2)c1cnn(C)c1. The van der Waals surface area contributed by atoms with Gasteiger partial charge in [0.2, 0.25) is 0 Å². The van der Waals surface area contributed by atoms with Gasteiger partial charge in [-0.25, -0.2) is 0 Å². The van der Waals surface area contributed by atoms with Crippen LogP contribution in [0.2, 0.25) is 0 Å². The van der Waals surface area contributed by atoms with Gasteiger partial charge in [-0.15, -0.1) is 0 Å². The molecule has 4 heteroatoms. The van der Waals surface area contributed by atoms with Crippen LogP contribution in [0.25, 0.3) is 0 Å². The molecule has 0 bridgehead atoms. The highest BCUT2D eigenvalue weighted by molar-refractivity contribution is 5.20. The van der Waals surface area contributed by atoms with Crippen molar-refractivity contribution in [3.05, 3.63) is 18.0 Å². The van der Waals surface area contributed by atoms with E-state index in [2.05, 4.69) is 23.5 Å². The minimum Gasteiger partial charge on any atom is -0.377 e. The van der Waals surface area contributed by atoms with Crippen LogP contribution in [-0.2, 0) is 11.8 Å². The second kappa shape index (κ2) is 4.06. The molecular weight excluding hydrogens is 238 g/mol. The van der Waals surface area contributed by atoms with Gasteiger partial charge < -0.3 is 10.1 Å². The molecule has 1 aromatic rings. The molecule has 3 aliphatic rings. The molecule has 19 heavy (non-hydrogen) atoms. The van der Waals surface area contributed by atoms with E-state index in [9.17, 15) is 0 Å². The second-order valence-electron chi connectivity index (χ2n) is 6.64. The summed E-state index contributed by atoms with van der Waals surface area (Å²) in [5.41, 5.74) is 1.76. The number of aryl methyl sites for hydroxylation is 1. The smallest absolute Gasteiger partial charge is 0.0690 e. The highest BCUT2D eigenvalue weighted by atomic mass is 16.5. The number of hydrogen-bond acceptors (Lipinski definition) is 3. The Bertz CT molecular complexity index is 479. The third kappa shape index (κ3) is 1.56. The Hall–Kier alpha value is -0.870.